The molecule has 1 aliphatic rings. The first-order chi connectivity index (χ1) is 8.74. The lowest BCUT2D eigenvalue weighted by atomic mass is 9.65. The summed E-state index contributed by atoms with van der Waals surface area (Å²) in [6.45, 7) is 1.21. The molecule has 2 N–H and O–H groups in total. The van der Waals surface area contributed by atoms with E-state index in [1.54, 1.807) is 7.05 Å². The summed E-state index contributed by atoms with van der Waals surface area (Å²) < 4.78 is 0. The molecule has 1 aromatic rings. The molecular formula is C15H23ClN2O. The Morgan fingerprint density at radius 2 is 1.95 bits per heavy atom. The molecule has 0 aromatic heterocycles. The van der Waals surface area contributed by atoms with E-state index in [2.05, 4.69) is 34.9 Å². The summed E-state index contributed by atoms with van der Waals surface area (Å²) in [5.41, 5.74) is 1.67. The predicted octanol–water partition coefficient (Wildman–Crippen LogP) is 2.16. The van der Waals surface area contributed by atoms with Crippen molar-refractivity contribution in [2.75, 3.05) is 20.1 Å². The Bertz CT molecular complexity index is 390. The van der Waals surface area contributed by atoms with Crippen LogP contribution in [0.4, 0.5) is 0 Å². The maximum absolute atomic E-state index is 11.5. The van der Waals surface area contributed by atoms with Crippen LogP contribution >= 0.6 is 12.4 Å². The molecule has 1 aromatic carbocycles. The van der Waals surface area contributed by atoms with Crippen LogP contribution in [0.5, 0.6) is 0 Å². The van der Waals surface area contributed by atoms with Crippen LogP contribution in [-0.4, -0.2) is 26.0 Å². The minimum Gasteiger partial charge on any atom is -0.354 e. The van der Waals surface area contributed by atoms with Crippen LogP contribution in [-0.2, 0) is 11.2 Å². The Hall–Kier alpha value is -1.06. The average Bonchev–Trinajstić information content (AvgIpc) is 2.34. The number of amides is 1. The molecule has 0 radical (unpaired) electrons. The number of hydrogen-bond acceptors (Lipinski definition) is 2. The van der Waals surface area contributed by atoms with Gasteiger partial charge in [0.05, 0.1) is 6.54 Å². The van der Waals surface area contributed by atoms with E-state index in [4.69, 9.17) is 0 Å². The molecule has 4 heteroatoms. The molecule has 1 fully saturated rings. The molecular weight excluding hydrogens is 260 g/mol. The number of benzene rings is 1. The number of carbonyl (C=O) groups excluding carboxylic acids is 1. The molecule has 0 bridgehead atoms. The second kappa shape index (κ2) is 7.51. The first kappa shape index (κ1) is 16.0. The van der Waals surface area contributed by atoms with E-state index in [9.17, 15) is 4.79 Å². The van der Waals surface area contributed by atoms with Crippen LogP contribution in [0, 0.1) is 5.41 Å². The zero-order valence-corrected chi connectivity index (χ0v) is 12.3. The van der Waals surface area contributed by atoms with Crippen LogP contribution in [0.25, 0.3) is 0 Å². The Kier molecular flexibility index (Phi) is 6.32. The van der Waals surface area contributed by atoms with Crippen LogP contribution < -0.4 is 10.6 Å². The van der Waals surface area contributed by atoms with Gasteiger partial charge >= 0.3 is 0 Å². The van der Waals surface area contributed by atoms with Crippen molar-refractivity contribution in [2.45, 2.75) is 25.7 Å². The van der Waals surface area contributed by atoms with Gasteiger partial charge in [-0.05, 0) is 37.3 Å². The van der Waals surface area contributed by atoms with Gasteiger partial charge in [-0.15, -0.1) is 12.4 Å². The maximum Gasteiger partial charge on any atom is 0.233 e. The van der Waals surface area contributed by atoms with E-state index in [0.29, 0.717) is 12.0 Å². The summed E-state index contributed by atoms with van der Waals surface area (Å²) in [6.07, 6.45) is 4.81. The molecule has 0 aliphatic heterocycles. The third-order valence-electron chi connectivity index (χ3n) is 3.83. The maximum atomic E-state index is 11.5. The highest BCUT2D eigenvalue weighted by Gasteiger charge is 2.37. The quantitative estimate of drug-likeness (QED) is 0.839. The Morgan fingerprint density at radius 3 is 2.47 bits per heavy atom. The third-order valence-corrected chi connectivity index (χ3v) is 3.83. The van der Waals surface area contributed by atoms with Crippen LogP contribution in [0.3, 0.4) is 0 Å². The Morgan fingerprint density at radius 1 is 1.26 bits per heavy atom. The van der Waals surface area contributed by atoms with Crippen molar-refractivity contribution in [1.82, 2.24) is 10.6 Å². The summed E-state index contributed by atoms with van der Waals surface area (Å²) in [5.74, 6) is 0.0943. The van der Waals surface area contributed by atoms with Gasteiger partial charge < -0.3 is 10.6 Å². The minimum atomic E-state index is 0. The van der Waals surface area contributed by atoms with Crippen molar-refractivity contribution in [3.05, 3.63) is 35.9 Å². The van der Waals surface area contributed by atoms with Gasteiger partial charge in [-0.2, -0.15) is 0 Å². The summed E-state index contributed by atoms with van der Waals surface area (Å²) in [4.78, 5) is 11.5. The van der Waals surface area contributed by atoms with Crippen molar-refractivity contribution in [3.8, 4) is 0 Å². The molecule has 1 amide bonds. The van der Waals surface area contributed by atoms with Crippen molar-refractivity contribution in [2.24, 2.45) is 5.41 Å². The monoisotopic (exact) mass is 282 g/mol. The zero-order valence-electron chi connectivity index (χ0n) is 11.4. The fraction of sp³-hybridized carbons (Fsp3) is 0.533. The van der Waals surface area contributed by atoms with Crippen molar-refractivity contribution >= 4 is 18.3 Å². The summed E-state index contributed by atoms with van der Waals surface area (Å²) in [7, 11) is 1.79. The van der Waals surface area contributed by atoms with Gasteiger partial charge in [-0.25, -0.2) is 0 Å². The molecule has 1 saturated carbocycles. The van der Waals surface area contributed by atoms with Crippen molar-refractivity contribution < 1.29 is 4.79 Å². The number of carbonyl (C=O) groups is 1. The van der Waals surface area contributed by atoms with E-state index in [0.717, 1.165) is 13.0 Å². The van der Waals surface area contributed by atoms with Crippen molar-refractivity contribution in [3.63, 3.8) is 0 Å². The molecule has 0 unspecified atom stereocenters. The predicted molar refractivity (Wildman–Crippen MR) is 80.6 cm³/mol. The fourth-order valence-corrected chi connectivity index (χ4v) is 2.63. The van der Waals surface area contributed by atoms with Crippen LogP contribution in [0.15, 0.2) is 30.3 Å². The Balaban J connectivity index is 0.00000180. The highest BCUT2D eigenvalue weighted by Crippen LogP contribution is 2.43. The third kappa shape index (κ3) is 4.51. The molecule has 106 valence electrons. The standard InChI is InChI=1S/C15H22N2O.ClH/c1-16-11-14(18)17-12-15(8-5-9-15)10-13-6-3-2-4-7-13;/h2-4,6-7,16H,5,8-12H2,1H3,(H,17,18);1H. The summed E-state index contributed by atoms with van der Waals surface area (Å²) in [6, 6.07) is 10.6. The minimum absolute atomic E-state index is 0. The van der Waals surface area contributed by atoms with Gasteiger partial charge in [-0.1, -0.05) is 36.8 Å². The van der Waals surface area contributed by atoms with Gasteiger partial charge in [0.2, 0.25) is 5.91 Å². The largest absolute Gasteiger partial charge is 0.354 e. The van der Waals surface area contributed by atoms with E-state index < -0.39 is 0 Å². The number of rotatable bonds is 6. The summed E-state index contributed by atoms with van der Waals surface area (Å²) >= 11 is 0. The number of hydrogen-bond donors (Lipinski definition) is 2. The van der Waals surface area contributed by atoms with E-state index in [1.165, 1.54) is 24.8 Å². The smallest absolute Gasteiger partial charge is 0.233 e. The van der Waals surface area contributed by atoms with Gasteiger partial charge in [0.1, 0.15) is 0 Å². The Labute approximate surface area is 121 Å². The second-order valence-electron chi connectivity index (χ2n) is 5.32. The number of likely N-dealkylation sites (N-methyl/N-ethyl adjacent to an activating group) is 1. The number of nitrogens with one attached hydrogen (secondary N) is 2. The molecule has 0 saturated heterocycles. The van der Waals surface area contributed by atoms with Gasteiger partial charge in [0.15, 0.2) is 0 Å². The number of halogens is 1. The fourth-order valence-electron chi connectivity index (χ4n) is 2.63. The van der Waals surface area contributed by atoms with E-state index in [1.807, 2.05) is 6.07 Å². The lowest BCUT2D eigenvalue weighted by molar-refractivity contribution is -0.121. The van der Waals surface area contributed by atoms with Crippen LogP contribution in [0.2, 0.25) is 0 Å². The topological polar surface area (TPSA) is 41.1 Å². The summed E-state index contributed by atoms with van der Waals surface area (Å²) in [5, 5.41) is 5.92. The van der Waals surface area contributed by atoms with E-state index in [-0.39, 0.29) is 18.3 Å². The zero-order chi connectivity index (χ0) is 12.8. The lowest BCUT2D eigenvalue weighted by Crippen LogP contribution is -2.45. The lowest BCUT2D eigenvalue weighted by Gasteiger charge is -2.42. The highest BCUT2D eigenvalue weighted by atomic mass is 35.5. The molecule has 1 aliphatic carbocycles. The molecule has 0 spiro atoms. The molecule has 0 atom stereocenters. The van der Waals surface area contributed by atoms with Gasteiger partial charge in [0.25, 0.3) is 0 Å². The van der Waals surface area contributed by atoms with Gasteiger partial charge in [0, 0.05) is 6.54 Å². The molecule has 0 heterocycles. The van der Waals surface area contributed by atoms with Crippen LogP contribution in [0.1, 0.15) is 24.8 Å². The average molecular weight is 283 g/mol. The molecule has 3 nitrogen and oxygen atoms in total. The molecule has 2 rings (SSSR count). The second-order valence-corrected chi connectivity index (χ2v) is 5.32. The van der Waals surface area contributed by atoms with Crippen molar-refractivity contribution in [1.29, 1.82) is 0 Å². The highest BCUT2D eigenvalue weighted by molar-refractivity contribution is 5.85. The normalized spacial score (nSPS) is 16.1. The van der Waals surface area contributed by atoms with Gasteiger partial charge in [-0.3, -0.25) is 4.79 Å². The molecule has 19 heavy (non-hydrogen) atoms. The SMILES string of the molecule is CNCC(=O)NCC1(Cc2ccccc2)CCC1.Cl. The first-order valence-electron chi connectivity index (χ1n) is 6.69. The van der Waals surface area contributed by atoms with E-state index >= 15 is 0 Å². The first-order valence-corrected chi connectivity index (χ1v) is 6.69.